The maximum Gasteiger partial charge on any atom is 0.306 e. The molecule has 1 aromatic carbocycles. The number of aromatic hydroxyl groups is 1. The van der Waals surface area contributed by atoms with Gasteiger partial charge < -0.3 is 9.84 Å². The summed E-state index contributed by atoms with van der Waals surface area (Å²) in [4.78, 5) is 12.3. The van der Waals surface area contributed by atoms with Crippen molar-refractivity contribution in [3.8, 4) is 5.75 Å². The second-order valence-corrected chi connectivity index (χ2v) is 12.2. The number of carbonyl (C=O) groups is 1. The number of hydrogen-bond acceptors (Lipinski definition) is 3. The number of aryl methyl sites for hydroxylation is 1. The number of benzene rings is 1. The van der Waals surface area contributed by atoms with Gasteiger partial charge in [0.25, 0.3) is 0 Å². The summed E-state index contributed by atoms with van der Waals surface area (Å²) in [5.74, 6) is 0.525. The zero-order valence-corrected chi connectivity index (χ0v) is 24.7. The Kier molecular flexibility index (Phi) is 16.9. The van der Waals surface area contributed by atoms with Crippen molar-refractivity contribution in [2.24, 2.45) is 0 Å². The van der Waals surface area contributed by atoms with E-state index < -0.39 is 0 Å². The van der Waals surface area contributed by atoms with Crippen LogP contribution in [0.25, 0.3) is 0 Å². The molecule has 0 aliphatic heterocycles. The first-order valence-corrected chi connectivity index (χ1v) is 15.2. The van der Waals surface area contributed by atoms with E-state index >= 15 is 0 Å². The Morgan fingerprint density at radius 1 is 0.806 bits per heavy atom. The van der Waals surface area contributed by atoms with Crippen LogP contribution in [0.5, 0.6) is 5.75 Å². The van der Waals surface area contributed by atoms with Crippen LogP contribution in [0.3, 0.4) is 0 Å². The van der Waals surface area contributed by atoms with Crippen LogP contribution in [-0.4, -0.2) is 17.7 Å². The minimum Gasteiger partial charge on any atom is -0.507 e. The maximum absolute atomic E-state index is 12.3. The van der Waals surface area contributed by atoms with E-state index in [1.165, 1.54) is 83.5 Å². The molecule has 0 bridgehead atoms. The Hall–Kier alpha value is -1.51. The number of unbranched alkanes of at least 4 members (excludes halogenated alkanes) is 14. The first-order valence-electron chi connectivity index (χ1n) is 15.2. The Morgan fingerprint density at radius 3 is 1.72 bits per heavy atom. The summed E-state index contributed by atoms with van der Waals surface area (Å²) >= 11 is 0. The molecule has 0 unspecified atom stereocenters. The molecule has 0 saturated heterocycles. The van der Waals surface area contributed by atoms with Crippen molar-refractivity contribution in [2.75, 3.05) is 6.61 Å². The summed E-state index contributed by atoms with van der Waals surface area (Å²) in [7, 11) is 0. The van der Waals surface area contributed by atoms with Crippen LogP contribution in [0.4, 0.5) is 0 Å². The molecule has 3 nitrogen and oxygen atoms in total. The largest absolute Gasteiger partial charge is 0.507 e. The predicted octanol–water partition coefficient (Wildman–Crippen LogP) is 10.2. The molecule has 3 heteroatoms. The number of esters is 1. The van der Waals surface area contributed by atoms with E-state index in [1.54, 1.807) is 0 Å². The van der Waals surface area contributed by atoms with E-state index in [4.69, 9.17) is 4.74 Å². The van der Waals surface area contributed by atoms with E-state index in [2.05, 4.69) is 53.7 Å². The van der Waals surface area contributed by atoms with Crippen LogP contribution < -0.4 is 0 Å². The molecular formula is C33H58O3. The van der Waals surface area contributed by atoms with Crippen molar-refractivity contribution in [1.29, 1.82) is 0 Å². The minimum atomic E-state index is -0.141. The van der Waals surface area contributed by atoms with Crippen LogP contribution in [-0.2, 0) is 21.4 Å². The fraction of sp³-hybridized carbons (Fsp3) is 0.788. The first kappa shape index (κ1) is 32.5. The van der Waals surface area contributed by atoms with Crippen molar-refractivity contribution in [3.63, 3.8) is 0 Å². The normalized spacial score (nSPS) is 11.9. The van der Waals surface area contributed by atoms with Crippen molar-refractivity contribution >= 4 is 5.97 Å². The minimum absolute atomic E-state index is 0.114. The number of phenolic OH excluding ortho intramolecular Hbond substituents is 1. The average molecular weight is 503 g/mol. The molecule has 0 aliphatic rings. The molecule has 1 N–H and O–H groups in total. The summed E-state index contributed by atoms with van der Waals surface area (Å²) in [5.41, 5.74) is 2.88. The standard InChI is InChI=1S/C33H58O3/c1-7-8-9-10-11-12-13-14-15-16-17-18-19-20-21-24-36-31(34)23-22-28-25-29(27(2)3)32(35)30(26-28)33(4,5)6/h25-27,35H,7-24H2,1-6H3. The molecule has 0 fully saturated rings. The quantitative estimate of drug-likeness (QED) is 0.142. The Morgan fingerprint density at radius 2 is 1.28 bits per heavy atom. The summed E-state index contributed by atoms with van der Waals surface area (Å²) < 4.78 is 5.49. The fourth-order valence-corrected chi connectivity index (χ4v) is 4.85. The maximum atomic E-state index is 12.3. The van der Waals surface area contributed by atoms with Crippen LogP contribution in [0, 0.1) is 0 Å². The molecule has 36 heavy (non-hydrogen) atoms. The van der Waals surface area contributed by atoms with Gasteiger partial charge in [-0.3, -0.25) is 4.79 Å². The SMILES string of the molecule is CCCCCCCCCCCCCCCCCOC(=O)CCc1cc(C(C)C)c(O)c(C(C)(C)C)c1. The van der Waals surface area contributed by atoms with Crippen LogP contribution in [0.1, 0.15) is 167 Å². The summed E-state index contributed by atoms with van der Waals surface area (Å²) in [5, 5.41) is 10.7. The zero-order valence-electron chi connectivity index (χ0n) is 24.7. The Balaban J connectivity index is 2.11. The smallest absolute Gasteiger partial charge is 0.306 e. The van der Waals surface area contributed by atoms with E-state index in [0.717, 1.165) is 29.5 Å². The van der Waals surface area contributed by atoms with Gasteiger partial charge in [0.2, 0.25) is 0 Å². The Bertz CT molecular complexity index is 714. The van der Waals surface area contributed by atoms with E-state index in [0.29, 0.717) is 25.2 Å². The summed E-state index contributed by atoms with van der Waals surface area (Å²) in [6, 6.07) is 4.11. The number of rotatable bonds is 20. The summed E-state index contributed by atoms with van der Waals surface area (Å²) in [6.07, 6.45) is 21.1. The highest BCUT2D eigenvalue weighted by Crippen LogP contribution is 2.37. The molecule has 0 aromatic heterocycles. The third-order valence-electron chi connectivity index (χ3n) is 7.26. The lowest BCUT2D eigenvalue weighted by molar-refractivity contribution is -0.143. The highest BCUT2D eigenvalue weighted by atomic mass is 16.5. The van der Waals surface area contributed by atoms with Crippen molar-refractivity contribution in [2.45, 2.75) is 162 Å². The molecule has 0 spiro atoms. The highest BCUT2D eigenvalue weighted by molar-refractivity contribution is 5.69. The van der Waals surface area contributed by atoms with Crippen LogP contribution >= 0.6 is 0 Å². The van der Waals surface area contributed by atoms with Gasteiger partial charge in [0.05, 0.1) is 6.61 Å². The van der Waals surface area contributed by atoms with Gasteiger partial charge in [0.15, 0.2) is 0 Å². The molecule has 0 heterocycles. The number of carbonyl (C=O) groups excluding carboxylic acids is 1. The number of hydrogen-bond donors (Lipinski definition) is 1. The first-order chi connectivity index (χ1) is 17.2. The number of phenols is 1. The van der Waals surface area contributed by atoms with Gasteiger partial charge in [0, 0.05) is 6.42 Å². The highest BCUT2D eigenvalue weighted by Gasteiger charge is 2.22. The molecular weight excluding hydrogens is 444 g/mol. The molecule has 1 aromatic rings. The third-order valence-corrected chi connectivity index (χ3v) is 7.26. The zero-order chi connectivity index (χ0) is 26.8. The van der Waals surface area contributed by atoms with Gasteiger partial charge in [-0.1, -0.05) is 144 Å². The van der Waals surface area contributed by atoms with Gasteiger partial charge in [-0.05, 0) is 40.9 Å². The van der Waals surface area contributed by atoms with Crippen LogP contribution in [0.2, 0.25) is 0 Å². The van der Waals surface area contributed by atoms with Gasteiger partial charge in [-0.2, -0.15) is 0 Å². The molecule has 0 atom stereocenters. The summed E-state index contributed by atoms with van der Waals surface area (Å²) in [6.45, 7) is 13.3. The molecule has 0 radical (unpaired) electrons. The second kappa shape index (κ2) is 18.7. The third kappa shape index (κ3) is 14.3. The fourth-order valence-electron chi connectivity index (χ4n) is 4.85. The lowest BCUT2D eigenvalue weighted by atomic mass is 9.82. The van der Waals surface area contributed by atoms with Crippen molar-refractivity contribution < 1.29 is 14.6 Å². The predicted molar refractivity (Wildman–Crippen MR) is 155 cm³/mol. The molecule has 0 aliphatic carbocycles. The van der Waals surface area contributed by atoms with Gasteiger partial charge >= 0.3 is 5.97 Å². The van der Waals surface area contributed by atoms with E-state index in [9.17, 15) is 9.90 Å². The van der Waals surface area contributed by atoms with Crippen LogP contribution in [0.15, 0.2) is 12.1 Å². The van der Waals surface area contributed by atoms with Crippen molar-refractivity contribution in [3.05, 3.63) is 28.8 Å². The molecule has 1 rings (SSSR count). The van der Waals surface area contributed by atoms with Crippen molar-refractivity contribution in [1.82, 2.24) is 0 Å². The van der Waals surface area contributed by atoms with E-state index in [-0.39, 0.29) is 17.3 Å². The molecule has 0 amide bonds. The van der Waals surface area contributed by atoms with Gasteiger partial charge in [-0.25, -0.2) is 0 Å². The van der Waals surface area contributed by atoms with Gasteiger partial charge in [0.1, 0.15) is 5.75 Å². The van der Waals surface area contributed by atoms with Gasteiger partial charge in [-0.15, -0.1) is 0 Å². The topological polar surface area (TPSA) is 46.5 Å². The molecule has 208 valence electrons. The lowest BCUT2D eigenvalue weighted by Crippen LogP contribution is -2.14. The Labute approximate surface area is 223 Å². The lowest BCUT2D eigenvalue weighted by Gasteiger charge is -2.24. The monoisotopic (exact) mass is 502 g/mol. The molecule has 0 saturated carbocycles. The second-order valence-electron chi connectivity index (χ2n) is 12.2. The number of ether oxygens (including phenoxy) is 1. The average Bonchev–Trinajstić information content (AvgIpc) is 2.82. The van der Waals surface area contributed by atoms with E-state index in [1.807, 2.05) is 0 Å².